The molecular formula is C14H16O. The van der Waals surface area contributed by atoms with Gasteiger partial charge < -0.3 is 4.74 Å². The minimum Gasteiger partial charge on any atom is -0.496 e. The molecule has 15 heavy (non-hydrogen) atoms. The number of ether oxygens (including phenoxy) is 1. The molecule has 0 bridgehead atoms. The van der Waals surface area contributed by atoms with Crippen molar-refractivity contribution >= 4 is 5.57 Å². The topological polar surface area (TPSA) is 9.23 Å². The van der Waals surface area contributed by atoms with Crippen LogP contribution in [0.25, 0.3) is 5.57 Å². The largest absolute Gasteiger partial charge is 0.496 e. The Hall–Kier alpha value is -1.50. The van der Waals surface area contributed by atoms with E-state index >= 15 is 0 Å². The molecule has 0 atom stereocenters. The fourth-order valence-electron chi connectivity index (χ4n) is 1.85. The summed E-state index contributed by atoms with van der Waals surface area (Å²) in [6, 6.07) is 6.34. The molecular weight excluding hydrogens is 184 g/mol. The minimum absolute atomic E-state index is 0.966. The number of benzene rings is 1. The van der Waals surface area contributed by atoms with Gasteiger partial charge >= 0.3 is 0 Å². The fraction of sp³-hybridized carbons (Fsp3) is 0.286. The lowest BCUT2D eigenvalue weighted by Gasteiger charge is -2.12. The van der Waals surface area contributed by atoms with Gasteiger partial charge in [0.2, 0.25) is 0 Å². The first-order valence-corrected chi connectivity index (χ1v) is 5.33. The van der Waals surface area contributed by atoms with Gasteiger partial charge in [-0.2, -0.15) is 0 Å². The van der Waals surface area contributed by atoms with Gasteiger partial charge in [-0.05, 0) is 37.0 Å². The molecule has 0 aliphatic heterocycles. The summed E-state index contributed by atoms with van der Waals surface area (Å²) in [5, 5.41) is 0. The van der Waals surface area contributed by atoms with E-state index in [-0.39, 0.29) is 0 Å². The summed E-state index contributed by atoms with van der Waals surface area (Å²) in [7, 11) is 1.73. The smallest absolute Gasteiger partial charge is 0.126 e. The van der Waals surface area contributed by atoms with E-state index in [0.29, 0.717) is 0 Å². The zero-order valence-corrected chi connectivity index (χ0v) is 9.29. The summed E-state index contributed by atoms with van der Waals surface area (Å²) in [5.41, 5.74) is 3.70. The van der Waals surface area contributed by atoms with E-state index in [4.69, 9.17) is 4.74 Å². The van der Waals surface area contributed by atoms with Gasteiger partial charge in [0.25, 0.3) is 0 Å². The Labute approximate surface area is 91.1 Å². The van der Waals surface area contributed by atoms with E-state index in [0.717, 1.165) is 18.6 Å². The van der Waals surface area contributed by atoms with Gasteiger partial charge in [0.05, 0.1) is 7.11 Å². The molecule has 0 unspecified atom stereocenters. The SMILES string of the molecule is COc1cc(C)ccc1C1=CCCC=C1. The lowest BCUT2D eigenvalue weighted by molar-refractivity contribution is 0.413. The Morgan fingerprint density at radius 1 is 1.20 bits per heavy atom. The van der Waals surface area contributed by atoms with Gasteiger partial charge in [0.15, 0.2) is 0 Å². The van der Waals surface area contributed by atoms with Crippen LogP contribution in [0.1, 0.15) is 24.0 Å². The van der Waals surface area contributed by atoms with Crippen LogP contribution in [0.15, 0.2) is 36.4 Å². The number of allylic oxidation sites excluding steroid dienone is 4. The lowest BCUT2D eigenvalue weighted by Crippen LogP contribution is -1.93. The van der Waals surface area contributed by atoms with Crippen molar-refractivity contribution in [3.8, 4) is 5.75 Å². The molecule has 2 rings (SSSR count). The van der Waals surface area contributed by atoms with E-state index in [2.05, 4.69) is 43.4 Å². The van der Waals surface area contributed by atoms with Crippen molar-refractivity contribution in [3.63, 3.8) is 0 Å². The van der Waals surface area contributed by atoms with Crippen molar-refractivity contribution in [1.82, 2.24) is 0 Å². The highest BCUT2D eigenvalue weighted by atomic mass is 16.5. The van der Waals surface area contributed by atoms with E-state index in [9.17, 15) is 0 Å². The predicted molar refractivity (Wildman–Crippen MR) is 64.1 cm³/mol. The zero-order chi connectivity index (χ0) is 10.7. The molecule has 0 heterocycles. The first kappa shape index (κ1) is 10.0. The molecule has 0 aromatic heterocycles. The molecule has 1 aliphatic carbocycles. The van der Waals surface area contributed by atoms with Crippen LogP contribution < -0.4 is 4.74 Å². The number of aryl methyl sites for hydroxylation is 1. The minimum atomic E-state index is 0.966. The van der Waals surface area contributed by atoms with E-state index in [1.165, 1.54) is 16.7 Å². The van der Waals surface area contributed by atoms with Crippen LogP contribution in [-0.4, -0.2) is 7.11 Å². The molecule has 0 N–H and O–H groups in total. The van der Waals surface area contributed by atoms with Crippen LogP contribution in [0.4, 0.5) is 0 Å². The molecule has 0 saturated heterocycles. The van der Waals surface area contributed by atoms with Crippen molar-refractivity contribution in [2.24, 2.45) is 0 Å². The first-order valence-electron chi connectivity index (χ1n) is 5.33. The number of hydrogen-bond donors (Lipinski definition) is 0. The van der Waals surface area contributed by atoms with E-state index in [1.54, 1.807) is 7.11 Å². The van der Waals surface area contributed by atoms with Crippen molar-refractivity contribution in [2.45, 2.75) is 19.8 Å². The summed E-state index contributed by atoms with van der Waals surface area (Å²) in [5.74, 6) is 0.966. The number of rotatable bonds is 2. The summed E-state index contributed by atoms with van der Waals surface area (Å²) in [6.07, 6.45) is 8.94. The quantitative estimate of drug-likeness (QED) is 0.706. The highest BCUT2D eigenvalue weighted by molar-refractivity contribution is 5.78. The van der Waals surface area contributed by atoms with Crippen molar-refractivity contribution in [1.29, 1.82) is 0 Å². The molecule has 1 aliphatic rings. The molecule has 0 spiro atoms. The van der Waals surface area contributed by atoms with Gasteiger partial charge in [-0.15, -0.1) is 0 Å². The summed E-state index contributed by atoms with van der Waals surface area (Å²) >= 11 is 0. The molecule has 1 aromatic rings. The highest BCUT2D eigenvalue weighted by Crippen LogP contribution is 2.30. The second-order valence-electron chi connectivity index (χ2n) is 3.84. The molecule has 0 amide bonds. The van der Waals surface area contributed by atoms with Gasteiger partial charge in [-0.1, -0.05) is 30.4 Å². The molecule has 0 fully saturated rings. The molecule has 1 aromatic carbocycles. The molecule has 1 nitrogen and oxygen atoms in total. The molecule has 0 radical (unpaired) electrons. The lowest BCUT2D eigenvalue weighted by atomic mass is 9.98. The predicted octanol–water partition coefficient (Wildman–Crippen LogP) is 3.74. The third-order valence-corrected chi connectivity index (χ3v) is 2.66. The van der Waals surface area contributed by atoms with Crippen LogP contribution in [0.3, 0.4) is 0 Å². The van der Waals surface area contributed by atoms with Crippen LogP contribution in [0.2, 0.25) is 0 Å². The second-order valence-corrected chi connectivity index (χ2v) is 3.84. The van der Waals surface area contributed by atoms with Crippen LogP contribution in [0.5, 0.6) is 5.75 Å². The van der Waals surface area contributed by atoms with E-state index < -0.39 is 0 Å². The average molecular weight is 200 g/mol. The van der Waals surface area contributed by atoms with Crippen molar-refractivity contribution in [3.05, 3.63) is 47.6 Å². The van der Waals surface area contributed by atoms with Crippen LogP contribution in [-0.2, 0) is 0 Å². The van der Waals surface area contributed by atoms with Gasteiger partial charge in [0.1, 0.15) is 5.75 Å². The van der Waals surface area contributed by atoms with Crippen molar-refractivity contribution < 1.29 is 4.74 Å². The highest BCUT2D eigenvalue weighted by Gasteiger charge is 2.07. The van der Waals surface area contributed by atoms with E-state index in [1.807, 2.05) is 0 Å². The van der Waals surface area contributed by atoms with Gasteiger partial charge in [-0.3, -0.25) is 0 Å². The van der Waals surface area contributed by atoms with Gasteiger partial charge in [0, 0.05) is 5.56 Å². The summed E-state index contributed by atoms with van der Waals surface area (Å²) in [4.78, 5) is 0. The normalized spacial score (nSPS) is 14.9. The summed E-state index contributed by atoms with van der Waals surface area (Å²) in [6.45, 7) is 2.08. The molecule has 78 valence electrons. The number of hydrogen-bond acceptors (Lipinski definition) is 1. The maximum Gasteiger partial charge on any atom is 0.126 e. The maximum atomic E-state index is 5.40. The molecule has 0 saturated carbocycles. The Bertz CT molecular complexity index is 413. The van der Waals surface area contributed by atoms with Crippen LogP contribution >= 0.6 is 0 Å². The maximum absolute atomic E-state index is 5.40. The summed E-state index contributed by atoms with van der Waals surface area (Å²) < 4.78 is 5.40. The zero-order valence-electron chi connectivity index (χ0n) is 9.29. The Balaban J connectivity index is 2.43. The standard InChI is InChI=1S/C14H16O/c1-11-8-9-13(14(10-11)15-2)12-6-4-3-5-7-12/h4,6-10H,3,5H2,1-2H3. The van der Waals surface area contributed by atoms with Crippen LogP contribution in [0, 0.1) is 6.92 Å². The van der Waals surface area contributed by atoms with Gasteiger partial charge in [-0.25, -0.2) is 0 Å². The third-order valence-electron chi connectivity index (χ3n) is 2.66. The second kappa shape index (κ2) is 4.35. The Morgan fingerprint density at radius 3 is 2.73 bits per heavy atom. The first-order chi connectivity index (χ1) is 7.31. The average Bonchev–Trinajstić information content (AvgIpc) is 2.30. The fourth-order valence-corrected chi connectivity index (χ4v) is 1.85. The third kappa shape index (κ3) is 2.12. The monoisotopic (exact) mass is 200 g/mol. The number of methoxy groups -OCH3 is 1. The molecule has 1 heteroatoms. The Morgan fingerprint density at radius 2 is 2.07 bits per heavy atom. The van der Waals surface area contributed by atoms with Crippen molar-refractivity contribution in [2.75, 3.05) is 7.11 Å². The Kier molecular flexibility index (Phi) is 2.91.